The SMILES string of the molecule is CC1C[C@H](O)CN1C(=O)C1CCC(F)(F)CC1. The smallest absolute Gasteiger partial charge is 0.248 e. The fraction of sp³-hybridized carbons (Fsp3) is 0.917. The molecule has 2 aliphatic rings. The summed E-state index contributed by atoms with van der Waals surface area (Å²) in [5.74, 6) is -2.92. The molecule has 1 saturated carbocycles. The van der Waals surface area contributed by atoms with Gasteiger partial charge < -0.3 is 10.0 Å². The number of β-amino-alcohol motifs (C(OH)–C–C–N with tert-alkyl or cyclic N) is 1. The normalized spacial score (nSPS) is 34.0. The maximum Gasteiger partial charge on any atom is 0.248 e. The molecular weight excluding hydrogens is 228 g/mol. The van der Waals surface area contributed by atoms with Crippen molar-refractivity contribution in [2.75, 3.05) is 6.54 Å². The second-order valence-corrected chi connectivity index (χ2v) is 5.36. The molecule has 2 rings (SSSR count). The van der Waals surface area contributed by atoms with E-state index >= 15 is 0 Å². The summed E-state index contributed by atoms with van der Waals surface area (Å²) in [6, 6.07) is 0.0277. The molecule has 2 fully saturated rings. The molecule has 1 aliphatic heterocycles. The van der Waals surface area contributed by atoms with Crippen LogP contribution in [0.25, 0.3) is 0 Å². The predicted octanol–water partition coefficient (Wildman–Crippen LogP) is 1.79. The van der Waals surface area contributed by atoms with Crippen molar-refractivity contribution in [2.45, 2.75) is 57.1 Å². The number of hydrogen-bond donors (Lipinski definition) is 1. The first-order valence-electron chi connectivity index (χ1n) is 6.25. The van der Waals surface area contributed by atoms with Gasteiger partial charge in [0.1, 0.15) is 0 Å². The van der Waals surface area contributed by atoms with Crippen LogP contribution in [0.15, 0.2) is 0 Å². The van der Waals surface area contributed by atoms with Gasteiger partial charge in [0.05, 0.1) is 6.10 Å². The molecule has 1 heterocycles. The molecule has 0 aromatic heterocycles. The zero-order chi connectivity index (χ0) is 12.6. The van der Waals surface area contributed by atoms with Gasteiger partial charge in [-0.15, -0.1) is 0 Å². The standard InChI is InChI=1S/C12H19F2NO2/c1-8-6-10(16)7-15(8)11(17)9-2-4-12(13,14)5-3-9/h8-10,16H,2-7H2,1H3/t8?,10-/m0/s1. The third-order valence-electron chi connectivity index (χ3n) is 3.90. The van der Waals surface area contributed by atoms with Crippen molar-refractivity contribution in [1.29, 1.82) is 0 Å². The Labute approximate surface area is 99.8 Å². The summed E-state index contributed by atoms with van der Waals surface area (Å²) in [4.78, 5) is 13.8. The number of carbonyl (C=O) groups is 1. The number of rotatable bonds is 1. The van der Waals surface area contributed by atoms with Crippen LogP contribution in [0, 0.1) is 5.92 Å². The molecule has 3 nitrogen and oxygen atoms in total. The minimum atomic E-state index is -2.59. The monoisotopic (exact) mass is 247 g/mol. The highest BCUT2D eigenvalue weighted by molar-refractivity contribution is 5.79. The second kappa shape index (κ2) is 4.52. The lowest BCUT2D eigenvalue weighted by atomic mass is 9.86. The first kappa shape index (κ1) is 12.7. The Morgan fingerprint density at radius 2 is 1.94 bits per heavy atom. The highest BCUT2D eigenvalue weighted by Gasteiger charge is 2.41. The number of aliphatic hydroxyl groups excluding tert-OH is 1. The van der Waals surface area contributed by atoms with Crippen molar-refractivity contribution < 1.29 is 18.7 Å². The molecule has 1 saturated heterocycles. The van der Waals surface area contributed by atoms with Gasteiger partial charge in [-0.3, -0.25) is 4.79 Å². The van der Waals surface area contributed by atoms with E-state index in [9.17, 15) is 18.7 Å². The number of alkyl halides is 2. The highest BCUT2D eigenvalue weighted by Crippen LogP contribution is 2.37. The molecule has 0 bridgehead atoms. The topological polar surface area (TPSA) is 40.5 Å². The number of nitrogens with zero attached hydrogens (tertiary/aromatic N) is 1. The van der Waals surface area contributed by atoms with Crippen molar-refractivity contribution in [3.05, 3.63) is 0 Å². The molecule has 1 unspecified atom stereocenters. The van der Waals surface area contributed by atoms with Gasteiger partial charge in [0.25, 0.3) is 0 Å². The Bertz CT molecular complexity index is 299. The lowest BCUT2D eigenvalue weighted by Gasteiger charge is -2.31. The number of hydrogen-bond acceptors (Lipinski definition) is 2. The van der Waals surface area contributed by atoms with E-state index in [1.807, 2.05) is 6.92 Å². The lowest BCUT2D eigenvalue weighted by Crippen LogP contribution is -2.41. The van der Waals surface area contributed by atoms with Gasteiger partial charge in [0.15, 0.2) is 0 Å². The Kier molecular flexibility index (Phi) is 3.39. The van der Waals surface area contributed by atoms with Gasteiger partial charge in [-0.25, -0.2) is 8.78 Å². The summed E-state index contributed by atoms with van der Waals surface area (Å²) in [7, 11) is 0. The van der Waals surface area contributed by atoms with Crippen molar-refractivity contribution in [2.24, 2.45) is 5.92 Å². The number of amides is 1. The van der Waals surface area contributed by atoms with E-state index in [0.29, 0.717) is 13.0 Å². The van der Waals surface area contributed by atoms with E-state index in [1.54, 1.807) is 4.90 Å². The number of halogens is 2. The highest BCUT2D eigenvalue weighted by atomic mass is 19.3. The fourth-order valence-corrected chi connectivity index (χ4v) is 2.83. The zero-order valence-corrected chi connectivity index (χ0v) is 10.0. The van der Waals surface area contributed by atoms with Gasteiger partial charge in [0, 0.05) is 31.3 Å². The molecule has 0 radical (unpaired) electrons. The van der Waals surface area contributed by atoms with Crippen molar-refractivity contribution in [1.82, 2.24) is 4.90 Å². The van der Waals surface area contributed by atoms with Crippen molar-refractivity contribution in [3.63, 3.8) is 0 Å². The molecule has 0 aromatic carbocycles. The summed E-state index contributed by atoms with van der Waals surface area (Å²) in [5.41, 5.74) is 0. The second-order valence-electron chi connectivity index (χ2n) is 5.36. The number of carbonyl (C=O) groups excluding carboxylic acids is 1. The van der Waals surface area contributed by atoms with Crippen molar-refractivity contribution >= 4 is 5.91 Å². The van der Waals surface area contributed by atoms with Gasteiger partial charge in [-0.2, -0.15) is 0 Å². The Morgan fingerprint density at radius 1 is 1.35 bits per heavy atom. The first-order valence-corrected chi connectivity index (χ1v) is 6.25. The summed E-state index contributed by atoms with van der Waals surface area (Å²) >= 11 is 0. The molecule has 0 aromatic rings. The van der Waals surface area contributed by atoms with Crippen LogP contribution >= 0.6 is 0 Å². The maximum atomic E-state index is 13.0. The van der Waals surface area contributed by atoms with Crippen molar-refractivity contribution in [3.8, 4) is 0 Å². The zero-order valence-electron chi connectivity index (χ0n) is 10.0. The van der Waals surface area contributed by atoms with Crippen LogP contribution in [0.5, 0.6) is 0 Å². The van der Waals surface area contributed by atoms with Gasteiger partial charge in [-0.1, -0.05) is 0 Å². The van der Waals surface area contributed by atoms with Gasteiger partial charge >= 0.3 is 0 Å². The minimum Gasteiger partial charge on any atom is -0.391 e. The molecule has 1 aliphatic carbocycles. The Morgan fingerprint density at radius 3 is 2.41 bits per heavy atom. The van der Waals surface area contributed by atoms with Crippen LogP contribution in [-0.2, 0) is 4.79 Å². The summed E-state index contributed by atoms with van der Waals surface area (Å²) in [6.45, 7) is 2.25. The summed E-state index contributed by atoms with van der Waals surface area (Å²) in [6.07, 6.45) is 0.298. The van der Waals surface area contributed by atoms with E-state index in [0.717, 1.165) is 0 Å². The quantitative estimate of drug-likeness (QED) is 0.767. The van der Waals surface area contributed by atoms with Gasteiger partial charge in [-0.05, 0) is 26.2 Å². The summed E-state index contributed by atoms with van der Waals surface area (Å²) < 4.78 is 26.0. The van der Waals surface area contributed by atoms with Crippen LogP contribution in [0.4, 0.5) is 8.78 Å². The Hall–Kier alpha value is -0.710. The number of aliphatic hydroxyl groups is 1. The third kappa shape index (κ3) is 2.76. The van der Waals surface area contributed by atoms with Crippen LogP contribution in [0.3, 0.4) is 0 Å². The fourth-order valence-electron chi connectivity index (χ4n) is 2.83. The molecule has 1 N–H and O–H groups in total. The molecule has 1 amide bonds. The van der Waals surface area contributed by atoms with Crippen LogP contribution < -0.4 is 0 Å². The molecule has 5 heteroatoms. The average molecular weight is 247 g/mol. The van der Waals surface area contributed by atoms with E-state index in [2.05, 4.69) is 0 Å². The van der Waals surface area contributed by atoms with E-state index in [4.69, 9.17) is 0 Å². The van der Waals surface area contributed by atoms with Crippen LogP contribution in [-0.4, -0.2) is 40.5 Å². The van der Waals surface area contributed by atoms with E-state index < -0.39 is 12.0 Å². The molecule has 98 valence electrons. The summed E-state index contributed by atoms with van der Waals surface area (Å²) in [5, 5.41) is 9.49. The minimum absolute atomic E-state index is 0.0277. The lowest BCUT2D eigenvalue weighted by molar-refractivity contribution is -0.140. The number of likely N-dealkylation sites (tertiary alicyclic amines) is 1. The van der Waals surface area contributed by atoms with E-state index in [1.165, 1.54) is 0 Å². The van der Waals surface area contributed by atoms with E-state index in [-0.39, 0.29) is 43.6 Å². The third-order valence-corrected chi connectivity index (χ3v) is 3.90. The molecular formula is C12H19F2NO2. The van der Waals surface area contributed by atoms with Crippen LogP contribution in [0.2, 0.25) is 0 Å². The average Bonchev–Trinajstić information content (AvgIpc) is 2.57. The molecule has 0 spiro atoms. The molecule has 2 atom stereocenters. The first-order chi connectivity index (χ1) is 7.89. The molecule has 17 heavy (non-hydrogen) atoms. The van der Waals surface area contributed by atoms with Crippen LogP contribution in [0.1, 0.15) is 39.0 Å². The van der Waals surface area contributed by atoms with Gasteiger partial charge in [0.2, 0.25) is 11.8 Å². The largest absolute Gasteiger partial charge is 0.391 e. The predicted molar refractivity (Wildman–Crippen MR) is 58.7 cm³/mol. The Balaban J connectivity index is 1.93. The maximum absolute atomic E-state index is 13.0.